The van der Waals surface area contributed by atoms with E-state index in [2.05, 4.69) is 5.43 Å². The number of aryl methyl sites for hydroxylation is 1. The van der Waals surface area contributed by atoms with Crippen molar-refractivity contribution < 1.29 is 22.7 Å². The Bertz CT molecular complexity index is 517. The number of rotatable bonds is 7. The number of nitrogens with zero attached hydrogens (tertiary/aromatic N) is 1. The summed E-state index contributed by atoms with van der Waals surface area (Å²) in [7, 11) is 1.59. The molecule has 1 aromatic carbocycles. The van der Waals surface area contributed by atoms with Gasteiger partial charge in [-0.25, -0.2) is 5.01 Å². The maximum Gasteiger partial charge on any atom is 0.405 e. The number of carbonyl (C=O) groups excluding carboxylic acids is 1. The first-order chi connectivity index (χ1) is 10.9. The van der Waals surface area contributed by atoms with Crippen LogP contribution in [-0.4, -0.2) is 36.8 Å². The summed E-state index contributed by atoms with van der Waals surface area (Å²) in [6.45, 7) is 0.113. The topological polar surface area (TPSA) is 41.6 Å². The van der Waals surface area contributed by atoms with E-state index in [1.165, 1.54) is 0 Å². The molecule has 0 radical (unpaired) electrons. The minimum absolute atomic E-state index is 0.0140. The molecule has 1 N–H and O–H groups in total. The lowest BCUT2D eigenvalue weighted by atomic mass is 10.0. The number of amides is 1. The van der Waals surface area contributed by atoms with Crippen LogP contribution < -0.4 is 10.2 Å². The second kappa shape index (κ2) is 7.68. The molecule has 1 heterocycles. The highest BCUT2D eigenvalue weighted by atomic mass is 19.4. The van der Waals surface area contributed by atoms with Crippen LogP contribution in [0.5, 0.6) is 5.75 Å². The highest BCUT2D eigenvalue weighted by molar-refractivity contribution is 5.77. The van der Waals surface area contributed by atoms with E-state index in [4.69, 9.17) is 4.74 Å². The third kappa shape index (κ3) is 5.13. The van der Waals surface area contributed by atoms with E-state index in [-0.39, 0.29) is 25.3 Å². The first-order valence-electron chi connectivity index (χ1n) is 7.66. The number of benzene rings is 1. The second-order valence-electron chi connectivity index (χ2n) is 5.63. The van der Waals surface area contributed by atoms with E-state index in [0.717, 1.165) is 22.7 Å². The maximum absolute atomic E-state index is 13.1. The molecule has 0 bridgehead atoms. The summed E-state index contributed by atoms with van der Waals surface area (Å²) in [6.07, 6.45) is -2.39. The summed E-state index contributed by atoms with van der Waals surface area (Å²) in [5.74, 6) is 0.410. The van der Waals surface area contributed by atoms with Crippen molar-refractivity contribution in [3.63, 3.8) is 0 Å². The largest absolute Gasteiger partial charge is 0.497 e. The zero-order valence-corrected chi connectivity index (χ0v) is 13.0. The SMILES string of the molecule is COc1ccc(CCCCC(N2CCC(=O)N2)C(F)(F)F)cc1. The number of methoxy groups -OCH3 is 1. The van der Waals surface area contributed by atoms with E-state index >= 15 is 0 Å². The highest BCUT2D eigenvalue weighted by Crippen LogP contribution is 2.29. The zero-order chi connectivity index (χ0) is 16.9. The molecular weight excluding hydrogens is 309 g/mol. The van der Waals surface area contributed by atoms with E-state index in [9.17, 15) is 18.0 Å². The summed E-state index contributed by atoms with van der Waals surface area (Å²) in [5, 5.41) is 1.02. The van der Waals surface area contributed by atoms with Gasteiger partial charge in [0.25, 0.3) is 0 Å². The molecule has 2 rings (SSSR count). The van der Waals surface area contributed by atoms with Gasteiger partial charge in [-0.15, -0.1) is 0 Å². The van der Waals surface area contributed by atoms with Gasteiger partial charge in [0.1, 0.15) is 11.8 Å². The van der Waals surface area contributed by atoms with E-state index in [1.807, 2.05) is 24.3 Å². The maximum atomic E-state index is 13.1. The van der Waals surface area contributed by atoms with Crippen LogP contribution in [0.4, 0.5) is 13.2 Å². The molecule has 1 atom stereocenters. The van der Waals surface area contributed by atoms with Crippen LogP contribution in [0, 0.1) is 0 Å². The fraction of sp³-hybridized carbons (Fsp3) is 0.562. The molecule has 0 aromatic heterocycles. The summed E-state index contributed by atoms with van der Waals surface area (Å²) < 4.78 is 44.4. The van der Waals surface area contributed by atoms with Gasteiger partial charge in [-0.1, -0.05) is 18.6 Å². The first kappa shape index (κ1) is 17.6. The summed E-state index contributed by atoms with van der Waals surface area (Å²) in [5.41, 5.74) is 3.37. The molecule has 0 saturated carbocycles. The molecule has 1 aliphatic rings. The second-order valence-corrected chi connectivity index (χ2v) is 5.63. The molecule has 7 heteroatoms. The van der Waals surface area contributed by atoms with Crippen LogP contribution in [0.1, 0.15) is 31.2 Å². The molecule has 128 valence electrons. The smallest absolute Gasteiger partial charge is 0.405 e. The van der Waals surface area contributed by atoms with Crippen molar-refractivity contribution in [2.75, 3.05) is 13.7 Å². The van der Waals surface area contributed by atoms with Gasteiger partial charge in [-0.2, -0.15) is 13.2 Å². The molecule has 4 nitrogen and oxygen atoms in total. The summed E-state index contributed by atoms with van der Waals surface area (Å²) >= 11 is 0. The Morgan fingerprint density at radius 2 is 1.96 bits per heavy atom. The number of unbranched alkanes of at least 4 members (excludes halogenated alkanes) is 1. The van der Waals surface area contributed by atoms with Crippen LogP contribution in [0.15, 0.2) is 24.3 Å². The molecule has 1 aliphatic heterocycles. The number of hydrogen-bond donors (Lipinski definition) is 1. The molecule has 1 aromatic rings. The third-order valence-electron chi connectivity index (χ3n) is 3.95. The molecule has 0 aliphatic carbocycles. The Balaban J connectivity index is 1.80. The average Bonchev–Trinajstić information content (AvgIpc) is 2.92. The van der Waals surface area contributed by atoms with Crippen LogP contribution >= 0.6 is 0 Å². The van der Waals surface area contributed by atoms with Gasteiger partial charge >= 0.3 is 6.18 Å². The summed E-state index contributed by atoms with van der Waals surface area (Å²) in [4.78, 5) is 11.1. The number of alkyl halides is 3. The van der Waals surface area contributed by atoms with E-state index in [1.54, 1.807) is 7.11 Å². The van der Waals surface area contributed by atoms with Crippen LogP contribution in [0.2, 0.25) is 0 Å². The van der Waals surface area contributed by atoms with Gasteiger partial charge < -0.3 is 4.74 Å². The van der Waals surface area contributed by atoms with Crippen LogP contribution in [0.3, 0.4) is 0 Å². The predicted octanol–water partition coefficient (Wildman–Crippen LogP) is 3.08. The number of carbonyl (C=O) groups is 1. The Morgan fingerprint density at radius 3 is 2.48 bits per heavy atom. The Hall–Kier alpha value is -1.76. The Labute approximate surface area is 133 Å². The van der Waals surface area contributed by atoms with Crippen molar-refractivity contribution in [3.05, 3.63) is 29.8 Å². The number of hydrogen-bond acceptors (Lipinski definition) is 3. The number of ether oxygens (including phenoxy) is 1. The van der Waals surface area contributed by atoms with Crippen molar-refractivity contribution in [1.82, 2.24) is 10.4 Å². The minimum atomic E-state index is -4.34. The lowest BCUT2D eigenvalue weighted by Gasteiger charge is -2.28. The Kier molecular flexibility index (Phi) is 5.87. The molecular formula is C16H21F3N2O2. The summed E-state index contributed by atoms with van der Waals surface area (Å²) in [6, 6.07) is 5.91. The lowest BCUT2D eigenvalue weighted by Crippen LogP contribution is -2.49. The van der Waals surface area contributed by atoms with Gasteiger partial charge in [0.05, 0.1) is 7.11 Å². The number of nitrogens with one attached hydrogen (secondary N) is 1. The lowest BCUT2D eigenvalue weighted by molar-refractivity contribution is -0.190. The number of hydrazine groups is 1. The average molecular weight is 330 g/mol. The van der Waals surface area contributed by atoms with E-state index < -0.39 is 12.2 Å². The first-order valence-corrected chi connectivity index (χ1v) is 7.66. The quantitative estimate of drug-likeness (QED) is 0.781. The van der Waals surface area contributed by atoms with Crippen LogP contribution in [-0.2, 0) is 11.2 Å². The van der Waals surface area contributed by atoms with Crippen molar-refractivity contribution in [3.8, 4) is 5.75 Å². The van der Waals surface area contributed by atoms with Crippen molar-refractivity contribution in [1.29, 1.82) is 0 Å². The van der Waals surface area contributed by atoms with Gasteiger partial charge in [0.2, 0.25) is 5.91 Å². The van der Waals surface area contributed by atoms with Gasteiger partial charge in [-0.05, 0) is 37.0 Å². The van der Waals surface area contributed by atoms with Gasteiger partial charge in [-0.3, -0.25) is 10.2 Å². The van der Waals surface area contributed by atoms with Gasteiger partial charge in [0, 0.05) is 13.0 Å². The van der Waals surface area contributed by atoms with Crippen LogP contribution in [0.25, 0.3) is 0 Å². The minimum Gasteiger partial charge on any atom is -0.497 e. The van der Waals surface area contributed by atoms with Gasteiger partial charge in [0.15, 0.2) is 0 Å². The number of halogens is 3. The Morgan fingerprint density at radius 1 is 1.26 bits per heavy atom. The predicted molar refractivity (Wildman–Crippen MR) is 79.9 cm³/mol. The van der Waals surface area contributed by atoms with E-state index in [0.29, 0.717) is 12.8 Å². The molecule has 23 heavy (non-hydrogen) atoms. The molecule has 1 unspecified atom stereocenters. The third-order valence-corrected chi connectivity index (χ3v) is 3.95. The van der Waals surface area contributed by atoms with Crippen molar-refractivity contribution >= 4 is 5.91 Å². The molecule has 1 amide bonds. The van der Waals surface area contributed by atoms with Crippen molar-refractivity contribution in [2.24, 2.45) is 0 Å². The molecule has 0 spiro atoms. The fourth-order valence-electron chi connectivity index (χ4n) is 2.68. The molecule has 1 fully saturated rings. The molecule has 1 saturated heterocycles. The normalized spacial score (nSPS) is 17.1. The standard InChI is InChI=1S/C16H21F3N2O2/c1-23-13-8-6-12(7-9-13)4-2-3-5-14(16(17,18)19)21-11-10-15(22)20-21/h6-9,14H,2-5,10-11H2,1H3,(H,20,22). The fourth-order valence-corrected chi connectivity index (χ4v) is 2.68. The van der Waals surface area contributed by atoms with Crippen molar-refractivity contribution in [2.45, 2.75) is 44.3 Å². The zero-order valence-electron chi connectivity index (χ0n) is 13.0. The monoisotopic (exact) mass is 330 g/mol. The highest BCUT2D eigenvalue weighted by Gasteiger charge is 2.45.